The standard InChI is InChI=1S/C23H26N4O3S/c1-16-6-7-17(2)20(14-16)21-15-24-23(25-21)26-22(28)18-8-10-19(11-9-18)31(29,30)27-12-4-3-5-13-27/h6-11,14-15H,3-5,12-13H2,1-2H3,(H2,24,25,26,28). The molecule has 0 atom stereocenters. The fourth-order valence-electron chi connectivity index (χ4n) is 3.76. The molecule has 0 radical (unpaired) electrons. The van der Waals surface area contributed by atoms with E-state index in [0.717, 1.165) is 41.6 Å². The van der Waals surface area contributed by atoms with E-state index in [4.69, 9.17) is 0 Å². The van der Waals surface area contributed by atoms with Crippen LogP contribution in [0, 0.1) is 13.8 Å². The number of hydrogen-bond donors (Lipinski definition) is 2. The van der Waals surface area contributed by atoms with E-state index in [0.29, 0.717) is 24.6 Å². The Balaban J connectivity index is 1.47. The number of sulfonamides is 1. The molecular formula is C23H26N4O3S. The number of imidazole rings is 1. The van der Waals surface area contributed by atoms with Crippen LogP contribution in [0.5, 0.6) is 0 Å². The van der Waals surface area contributed by atoms with Gasteiger partial charge >= 0.3 is 0 Å². The molecule has 162 valence electrons. The first-order valence-electron chi connectivity index (χ1n) is 10.4. The third-order valence-electron chi connectivity index (χ3n) is 5.56. The van der Waals surface area contributed by atoms with Crippen LogP contribution in [0.1, 0.15) is 40.7 Å². The number of rotatable bonds is 5. The second kappa shape index (κ2) is 8.64. The van der Waals surface area contributed by atoms with Gasteiger partial charge in [-0.15, -0.1) is 0 Å². The summed E-state index contributed by atoms with van der Waals surface area (Å²) in [5.74, 6) is -0.0188. The molecule has 0 unspecified atom stereocenters. The Morgan fingerprint density at radius 3 is 2.45 bits per heavy atom. The summed E-state index contributed by atoms with van der Waals surface area (Å²) in [5, 5.41) is 2.74. The molecule has 8 heteroatoms. The molecule has 1 aliphatic heterocycles. The van der Waals surface area contributed by atoms with Crippen molar-refractivity contribution >= 4 is 21.9 Å². The van der Waals surface area contributed by atoms with Crippen LogP contribution in [0.3, 0.4) is 0 Å². The van der Waals surface area contributed by atoms with Crippen LogP contribution < -0.4 is 5.32 Å². The Morgan fingerprint density at radius 1 is 1.03 bits per heavy atom. The van der Waals surface area contributed by atoms with E-state index in [1.807, 2.05) is 26.0 Å². The maximum absolute atomic E-state index is 12.8. The lowest BCUT2D eigenvalue weighted by Gasteiger charge is -2.25. The molecule has 1 amide bonds. The van der Waals surface area contributed by atoms with Gasteiger partial charge in [-0.1, -0.05) is 24.1 Å². The van der Waals surface area contributed by atoms with Crippen molar-refractivity contribution in [2.45, 2.75) is 38.0 Å². The lowest BCUT2D eigenvalue weighted by Crippen LogP contribution is -2.35. The number of aryl methyl sites for hydroxylation is 2. The summed E-state index contributed by atoms with van der Waals surface area (Å²) in [6.07, 6.45) is 4.51. The van der Waals surface area contributed by atoms with Gasteiger partial charge in [-0.3, -0.25) is 10.1 Å². The van der Waals surface area contributed by atoms with Gasteiger partial charge < -0.3 is 4.98 Å². The van der Waals surface area contributed by atoms with E-state index < -0.39 is 10.0 Å². The van der Waals surface area contributed by atoms with E-state index in [1.54, 1.807) is 6.20 Å². The maximum Gasteiger partial charge on any atom is 0.257 e. The number of carbonyl (C=O) groups excluding carboxylic acids is 1. The zero-order valence-electron chi connectivity index (χ0n) is 17.7. The van der Waals surface area contributed by atoms with Crippen LogP contribution in [0.4, 0.5) is 5.95 Å². The molecule has 1 aliphatic rings. The highest BCUT2D eigenvalue weighted by Crippen LogP contribution is 2.24. The number of piperidine rings is 1. The van der Waals surface area contributed by atoms with E-state index >= 15 is 0 Å². The molecule has 4 rings (SSSR count). The van der Waals surface area contributed by atoms with Gasteiger partial charge in [0.1, 0.15) is 0 Å². The third kappa shape index (κ3) is 4.55. The lowest BCUT2D eigenvalue weighted by molar-refractivity contribution is 0.102. The minimum Gasteiger partial charge on any atom is -0.324 e. The summed E-state index contributed by atoms with van der Waals surface area (Å²) >= 11 is 0. The van der Waals surface area contributed by atoms with E-state index in [-0.39, 0.29) is 10.8 Å². The number of amides is 1. The normalized spacial score (nSPS) is 15.0. The zero-order chi connectivity index (χ0) is 22.0. The molecule has 3 aromatic rings. The minimum absolute atomic E-state index is 0.209. The van der Waals surface area contributed by atoms with E-state index in [9.17, 15) is 13.2 Å². The first kappa shape index (κ1) is 21.3. The molecule has 31 heavy (non-hydrogen) atoms. The van der Waals surface area contributed by atoms with Gasteiger partial charge in [0.25, 0.3) is 5.91 Å². The van der Waals surface area contributed by atoms with Crippen molar-refractivity contribution in [3.63, 3.8) is 0 Å². The van der Waals surface area contributed by atoms with Crippen molar-refractivity contribution in [2.24, 2.45) is 0 Å². The Labute approximate surface area is 182 Å². The van der Waals surface area contributed by atoms with Gasteiger partial charge in [0.05, 0.1) is 16.8 Å². The van der Waals surface area contributed by atoms with Crippen molar-refractivity contribution in [1.29, 1.82) is 0 Å². The number of carbonyl (C=O) groups is 1. The first-order valence-corrected chi connectivity index (χ1v) is 11.8. The summed E-state index contributed by atoms with van der Waals surface area (Å²) in [7, 11) is -3.52. The van der Waals surface area contributed by atoms with Crippen LogP contribution in [0.25, 0.3) is 11.3 Å². The molecule has 1 fully saturated rings. The van der Waals surface area contributed by atoms with Crippen LogP contribution in [-0.4, -0.2) is 41.7 Å². The molecule has 2 aromatic carbocycles. The number of anilines is 1. The van der Waals surface area contributed by atoms with Gasteiger partial charge in [-0.05, 0) is 62.6 Å². The smallest absolute Gasteiger partial charge is 0.257 e. The summed E-state index contributed by atoms with van der Waals surface area (Å²) < 4.78 is 27.0. The molecule has 1 saturated heterocycles. The van der Waals surface area contributed by atoms with Crippen molar-refractivity contribution in [1.82, 2.24) is 14.3 Å². The second-order valence-electron chi connectivity index (χ2n) is 7.91. The van der Waals surface area contributed by atoms with Crippen molar-refractivity contribution in [2.75, 3.05) is 18.4 Å². The highest BCUT2D eigenvalue weighted by molar-refractivity contribution is 7.89. The molecule has 2 N–H and O–H groups in total. The first-order chi connectivity index (χ1) is 14.8. The highest BCUT2D eigenvalue weighted by Gasteiger charge is 2.26. The Bertz CT molecular complexity index is 1190. The molecule has 7 nitrogen and oxygen atoms in total. The van der Waals surface area contributed by atoms with E-state index in [2.05, 4.69) is 21.4 Å². The number of aromatic amines is 1. The van der Waals surface area contributed by atoms with Gasteiger partial charge in [0, 0.05) is 24.2 Å². The average Bonchev–Trinajstić information content (AvgIpc) is 3.24. The van der Waals surface area contributed by atoms with Gasteiger partial charge in [-0.2, -0.15) is 4.31 Å². The maximum atomic E-state index is 12.8. The molecule has 0 aliphatic carbocycles. The van der Waals surface area contributed by atoms with Gasteiger partial charge in [0.15, 0.2) is 0 Å². The van der Waals surface area contributed by atoms with Crippen LogP contribution in [0.2, 0.25) is 0 Å². The van der Waals surface area contributed by atoms with Gasteiger partial charge in [-0.25, -0.2) is 13.4 Å². The molecule has 1 aromatic heterocycles. The fourth-order valence-corrected chi connectivity index (χ4v) is 5.28. The second-order valence-corrected chi connectivity index (χ2v) is 9.85. The SMILES string of the molecule is Cc1ccc(C)c(-c2cnc(NC(=O)c3ccc(S(=O)(=O)N4CCCCC4)cc3)[nH]2)c1. The fraction of sp³-hybridized carbons (Fsp3) is 0.304. The zero-order valence-corrected chi connectivity index (χ0v) is 18.5. The molecule has 2 heterocycles. The Kier molecular flexibility index (Phi) is 5.93. The summed E-state index contributed by atoms with van der Waals surface area (Å²) in [6, 6.07) is 12.2. The third-order valence-corrected chi connectivity index (χ3v) is 7.47. The molecule has 0 spiro atoms. The molecule has 0 bridgehead atoms. The van der Waals surface area contributed by atoms with Crippen molar-refractivity contribution in [3.8, 4) is 11.3 Å². The predicted octanol–water partition coefficient (Wildman–Crippen LogP) is 4.12. The lowest BCUT2D eigenvalue weighted by atomic mass is 10.0. The van der Waals surface area contributed by atoms with Crippen LogP contribution in [0.15, 0.2) is 53.6 Å². The van der Waals surface area contributed by atoms with Crippen molar-refractivity contribution in [3.05, 3.63) is 65.4 Å². The predicted molar refractivity (Wildman–Crippen MR) is 121 cm³/mol. The summed E-state index contributed by atoms with van der Waals surface area (Å²) in [5.41, 5.74) is 4.46. The number of H-pyrrole nitrogens is 1. The average molecular weight is 439 g/mol. The van der Waals surface area contributed by atoms with Crippen LogP contribution >= 0.6 is 0 Å². The van der Waals surface area contributed by atoms with Gasteiger partial charge in [0.2, 0.25) is 16.0 Å². The molecular weight excluding hydrogens is 412 g/mol. The number of nitrogens with zero attached hydrogens (tertiary/aromatic N) is 2. The highest BCUT2D eigenvalue weighted by atomic mass is 32.2. The number of aromatic nitrogens is 2. The summed E-state index contributed by atoms with van der Waals surface area (Å²) in [6.45, 7) is 5.14. The van der Waals surface area contributed by atoms with Crippen LogP contribution in [-0.2, 0) is 10.0 Å². The summed E-state index contributed by atoms with van der Waals surface area (Å²) in [4.78, 5) is 20.2. The van der Waals surface area contributed by atoms with Crippen molar-refractivity contribution < 1.29 is 13.2 Å². The monoisotopic (exact) mass is 438 g/mol. The largest absolute Gasteiger partial charge is 0.324 e. The number of benzene rings is 2. The minimum atomic E-state index is -3.52. The Morgan fingerprint density at radius 2 is 1.74 bits per heavy atom. The quantitative estimate of drug-likeness (QED) is 0.626. The number of hydrogen-bond acceptors (Lipinski definition) is 4. The Hall–Kier alpha value is -2.97. The topological polar surface area (TPSA) is 95.2 Å². The van der Waals surface area contributed by atoms with E-state index in [1.165, 1.54) is 28.6 Å². The number of nitrogens with one attached hydrogen (secondary N) is 2. The molecule has 0 saturated carbocycles.